The Morgan fingerprint density at radius 2 is 1.57 bits per heavy atom. The van der Waals surface area contributed by atoms with E-state index in [1.54, 1.807) is 0 Å². The predicted octanol–water partition coefficient (Wildman–Crippen LogP) is 4.31. The molecule has 0 spiro atoms. The van der Waals surface area contributed by atoms with Gasteiger partial charge in [0.15, 0.2) is 0 Å². The van der Waals surface area contributed by atoms with Crippen LogP contribution in [0.5, 0.6) is 0 Å². The third-order valence-corrected chi connectivity index (χ3v) is 4.45. The summed E-state index contributed by atoms with van der Waals surface area (Å²) >= 11 is 0. The van der Waals surface area contributed by atoms with E-state index in [9.17, 15) is 0 Å². The van der Waals surface area contributed by atoms with Gasteiger partial charge in [-0.15, -0.1) is 0 Å². The largest absolute Gasteiger partial charge is 0.294 e. The zero-order valence-corrected chi connectivity index (χ0v) is 13.2. The molecule has 1 aliphatic rings. The Labute approximate surface area is 137 Å². The van der Waals surface area contributed by atoms with Gasteiger partial charge in [0, 0.05) is 37.3 Å². The first-order chi connectivity index (χ1) is 11.4. The van der Waals surface area contributed by atoms with Gasteiger partial charge >= 0.3 is 0 Å². The fourth-order valence-corrected chi connectivity index (χ4v) is 3.22. The molecule has 114 valence electrons. The Kier molecular flexibility index (Phi) is 3.91. The van der Waals surface area contributed by atoms with Crippen LogP contribution in [0.2, 0.25) is 0 Å². The molecule has 1 aliphatic heterocycles. The van der Waals surface area contributed by atoms with Gasteiger partial charge in [-0.25, -0.2) is 0 Å². The molecule has 0 fully saturated rings. The Balaban J connectivity index is 1.52. The fourth-order valence-electron chi connectivity index (χ4n) is 3.22. The average molecular weight is 300 g/mol. The number of nitrogens with zero attached hydrogens (tertiary/aromatic N) is 2. The molecule has 0 unspecified atom stereocenters. The topological polar surface area (TPSA) is 16.1 Å². The van der Waals surface area contributed by atoms with Crippen molar-refractivity contribution in [3.8, 4) is 11.3 Å². The lowest BCUT2D eigenvalue weighted by Gasteiger charge is -2.28. The zero-order valence-electron chi connectivity index (χ0n) is 13.2. The maximum absolute atomic E-state index is 4.90. The highest BCUT2D eigenvalue weighted by atomic mass is 15.1. The molecule has 0 atom stereocenters. The Hall–Kier alpha value is -2.45. The summed E-state index contributed by atoms with van der Waals surface area (Å²) in [6, 6.07) is 25.5. The third kappa shape index (κ3) is 3.17. The van der Waals surface area contributed by atoms with E-state index in [-0.39, 0.29) is 0 Å². The van der Waals surface area contributed by atoms with Gasteiger partial charge in [0.05, 0.1) is 5.69 Å². The quantitative estimate of drug-likeness (QED) is 0.716. The highest BCUT2D eigenvalue weighted by Gasteiger charge is 2.18. The summed E-state index contributed by atoms with van der Waals surface area (Å²) in [6.45, 7) is 3.08. The van der Waals surface area contributed by atoms with E-state index < -0.39 is 0 Å². The van der Waals surface area contributed by atoms with Crippen molar-refractivity contribution in [3.05, 3.63) is 89.6 Å². The number of fused-ring (bicyclic) bond motifs is 1. The molecule has 3 aromatic rings. The summed E-state index contributed by atoms with van der Waals surface area (Å²) in [5, 5.41) is 0. The molecule has 0 saturated heterocycles. The van der Waals surface area contributed by atoms with Gasteiger partial charge in [-0.3, -0.25) is 9.88 Å². The van der Waals surface area contributed by atoms with Crippen molar-refractivity contribution in [2.24, 2.45) is 0 Å². The zero-order chi connectivity index (χ0) is 15.5. The van der Waals surface area contributed by atoms with Crippen molar-refractivity contribution in [1.29, 1.82) is 0 Å². The van der Waals surface area contributed by atoms with Gasteiger partial charge in [-0.1, -0.05) is 66.7 Å². The van der Waals surface area contributed by atoms with Crippen LogP contribution in [-0.4, -0.2) is 16.4 Å². The minimum Gasteiger partial charge on any atom is -0.294 e. The van der Waals surface area contributed by atoms with Crippen molar-refractivity contribution in [1.82, 2.24) is 9.88 Å². The van der Waals surface area contributed by atoms with E-state index in [4.69, 9.17) is 4.98 Å². The van der Waals surface area contributed by atoms with Crippen LogP contribution in [0.15, 0.2) is 72.8 Å². The second kappa shape index (κ2) is 6.35. The van der Waals surface area contributed by atoms with Crippen molar-refractivity contribution < 1.29 is 0 Å². The summed E-state index contributed by atoms with van der Waals surface area (Å²) in [7, 11) is 0. The Morgan fingerprint density at radius 1 is 0.826 bits per heavy atom. The number of hydrogen-bond donors (Lipinski definition) is 0. The van der Waals surface area contributed by atoms with Crippen LogP contribution in [0, 0.1) is 0 Å². The molecule has 2 heteroatoms. The summed E-state index contributed by atoms with van der Waals surface area (Å²) in [4.78, 5) is 7.40. The summed E-state index contributed by atoms with van der Waals surface area (Å²) < 4.78 is 0. The summed E-state index contributed by atoms with van der Waals surface area (Å²) in [5.41, 5.74) is 6.29. The highest BCUT2D eigenvalue weighted by Crippen LogP contribution is 2.23. The lowest BCUT2D eigenvalue weighted by molar-refractivity contribution is 0.243. The third-order valence-electron chi connectivity index (χ3n) is 4.45. The predicted molar refractivity (Wildman–Crippen MR) is 93.9 cm³/mol. The first-order valence-electron chi connectivity index (χ1n) is 8.19. The van der Waals surface area contributed by atoms with Crippen molar-refractivity contribution in [3.63, 3.8) is 0 Å². The number of benzene rings is 2. The SMILES string of the molecule is c1ccc(CN2CCc3nc(-c4ccccc4)ccc3C2)cc1. The second-order valence-corrected chi connectivity index (χ2v) is 6.11. The first kappa shape index (κ1) is 14.2. The Morgan fingerprint density at radius 3 is 2.35 bits per heavy atom. The van der Waals surface area contributed by atoms with Crippen LogP contribution in [0.4, 0.5) is 0 Å². The van der Waals surface area contributed by atoms with Crippen LogP contribution in [0.25, 0.3) is 11.3 Å². The van der Waals surface area contributed by atoms with E-state index >= 15 is 0 Å². The van der Waals surface area contributed by atoms with Crippen LogP contribution >= 0.6 is 0 Å². The lowest BCUT2D eigenvalue weighted by atomic mass is 10.0. The molecule has 4 rings (SSSR count). The van der Waals surface area contributed by atoms with Crippen molar-refractivity contribution in [2.45, 2.75) is 19.5 Å². The maximum atomic E-state index is 4.90. The molecular weight excluding hydrogens is 280 g/mol. The molecule has 0 saturated carbocycles. The molecular formula is C21H20N2. The second-order valence-electron chi connectivity index (χ2n) is 6.11. The first-order valence-corrected chi connectivity index (χ1v) is 8.19. The van der Waals surface area contributed by atoms with E-state index in [1.165, 1.54) is 22.4 Å². The molecule has 0 N–H and O–H groups in total. The van der Waals surface area contributed by atoms with Crippen molar-refractivity contribution >= 4 is 0 Å². The number of aromatic nitrogens is 1. The minimum absolute atomic E-state index is 0.992. The molecule has 2 aromatic carbocycles. The molecule has 2 nitrogen and oxygen atoms in total. The summed E-state index contributed by atoms with van der Waals surface area (Å²) in [5.74, 6) is 0. The van der Waals surface area contributed by atoms with Gasteiger partial charge in [0.1, 0.15) is 0 Å². The van der Waals surface area contributed by atoms with Gasteiger partial charge in [0.2, 0.25) is 0 Å². The smallest absolute Gasteiger partial charge is 0.0705 e. The molecule has 23 heavy (non-hydrogen) atoms. The molecule has 0 radical (unpaired) electrons. The van der Waals surface area contributed by atoms with E-state index in [0.29, 0.717) is 0 Å². The van der Waals surface area contributed by atoms with E-state index in [1.807, 2.05) is 6.07 Å². The molecule has 0 aliphatic carbocycles. The Bertz CT molecular complexity index is 781. The highest BCUT2D eigenvalue weighted by molar-refractivity contribution is 5.59. The van der Waals surface area contributed by atoms with Gasteiger partial charge in [0.25, 0.3) is 0 Å². The van der Waals surface area contributed by atoms with Crippen molar-refractivity contribution in [2.75, 3.05) is 6.54 Å². The fraction of sp³-hybridized carbons (Fsp3) is 0.190. The van der Waals surface area contributed by atoms with Crippen LogP contribution < -0.4 is 0 Å². The standard InChI is InChI=1S/C21H20N2/c1-3-7-17(8-4-1)15-23-14-13-21-19(16-23)11-12-20(22-21)18-9-5-2-6-10-18/h1-12H,13-16H2. The number of rotatable bonds is 3. The molecule has 2 heterocycles. The minimum atomic E-state index is 0.992. The van der Waals surface area contributed by atoms with Gasteiger partial charge in [-0.05, 0) is 17.2 Å². The molecule has 1 aromatic heterocycles. The van der Waals surface area contributed by atoms with Gasteiger partial charge < -0.3 is 0 Å². The maximum Gasteiger partial charge on any atom is 0.0705 e. The molecule has 0 amide bonds. The van der Waals surface area contributed by atoms with Crippen LogP contribution in [0.1, 0.15) is 16.8 Å². The average Bonchev–Trinajstić information content (AvgIpc) is 2.63. The molecule has 0 bridgehead atoms. The van der Waals surface area contributed by atoms with Gasteiger partial charge in [-0.2, -0.15) is 0 Å². The lowest BCUT2D eigenvalue weighted by Crippen LogP contribution is -2.30. The van der Waals surface area contributed by atoms with Crippen LogP contribution in [0.3, 0.4) is 0 Å². The summed E-state index contributed by atoms with van der Waals surface area (Å²) in [6.07, 6.45) is 1.03. The monoisotopic (exact) mass is 300 g/mol. The number of hydrogen-bond acceptors (Lipinski definition) is 2. The van der Waals surface area contributed by atoms with E-state index in [2.05, 4.69) is 71.6 Å². The normalized spacial score (nSPS) is 14.4. The van der Waals surface area contributed by atoms with Crippen LogP contribution in [-0.2, 0) is 19.5 Å². The number of pyridine rings is 1. The van der Waals surface area contributed by atoms with E-state index in [0.717, 1.165) is 31.7 Å².